The summed E-state index contributed by atoms with van der Waals surface area (Å²) in [7, 11) is 0. The maximum atomic E-state index is 12.8. The summed E-state index contributed by atoms with van der Waals surface area (Å²) in [5.74, 6) is -1.18. The molecule has 1 aromatic carbocycles. The van der Waals surface area contributed by atoms with E-state index in [9.17, 15) is 22.8 Å². The lowest BCUT2D eigenvalue weighted by molar-refractivity contribution is -0.137. The van der Waals surface area contributed by atoms with E-state index in [0.717, 1.165) is 25.0 Å². The van der Waals surface area contributed by atoms with E-state index in [1.165, 1.54) is 6.07 Å². The van der Waals surface area contributed by atoms with E-state index in [1.54, 1.807) is 0 Å². The standard InChI is InChI=1S/C15H21F3N4O2/c1-2-3-6-20-11-5-4-10(15(16,17)18)7-12(11)22-14(24)9-21-13(23)8-19/h4-5,7,20H,2-3,6,8-9,19H2,1H3,(H,21,23)(H,22,24). The topological polar surface area (TPSA) is 96.2 Å². The van der Waals surface area contributed by atoms with Crippen LogP contribution in [0.25, 0.3) is 0 Å². The van der Waals surface area contributed by atoms with Gasteiger partial charge in [-0.2, -0.15) is 13.2 Å². The van der Waals surface area contributed by atoms with Crippen molar-refractivity contribution < 1.29 is 22.8 Å². The van der Waals surface area contributed by atoms with Gasteiger partial charge in [0, 0.05) is 6.54 Å². The van der Waals surface area contributed by atoms with Crippen LogP contribution in [0, 0.1) is 0 Å². The molecule has 6 nitrogen and oxygen atoms in total. The second-order valence-electron chi connectivity index (χ2n) is 5.07. The SMILES string of the molecule is CCCCNc1ccc(C(F)(F)F)cc1NC(=O)CNC(=O)CN. The fraction of sp³-hybridized carbons (Fsp3) is 0.467. The molecular weight excluding hydrogens is 325 g/mol. The van der Waals surface area contributed by atoms with Crippen LogP contribution in [0.2, 0.25) is 0 Å². The number of hydrogen-bond donors (Lipinski definition) is 4. The fourth-order valence-corrected chi connectivity index (χ4v) is 1.82. The average Bonchev–Trinajstić information content (AvgIpc) is 2.53. The quantitative estimate of drug-likeness (QED) is 0.541. The summed E-state index contributed by atoms with van der Waals surface area (Å²) >= 11 is 0. The summed E-state index contributed by atoms with van der Waals surface area (Å²) in [5.41, 5.74) is 4.61. The van der Waals surface area contributed by atoms with Gasteiger partial charge in [-0.15, -0.1) is 0 Å². The molecule has 0 aromatic heterocycles. The zero-order valence-electron chi connectivity index (χ0n) is 13.3. The Bertz CT molecular complexity index is 576. The molecule has 1 aromatic rings. The molecule has 0 unspecified atom stereocenters. The summed E-state index contributed by atoms with van der Waals surface area (Å²) in [6.45, 7) is 1.90. The molecule has 0 fully saturated rings. The largest absolute Gasteiger partial charge is 0.416 e. The van der Waals surface area contributed by atoms with Gasteiger partial charge in [0.2, 0.25) is 11.8 Å². The van der Waals surface area contributed by atoms with E-state index in [1.807, 2.05) is 6.92 Å². The Kier molecular flexibility index (Phi) is 7.50. The second-order valence-corrected chi connectivity index (χ2v) is 5.07. The number of rotatable bonds is 8. The lowest BCUT2D eigenvalue weighted by atomic mass is 10.1. The van der Waals surface area contributed by atoms with Gasteiger partial charge in [-0.1, -0.05) is 13.3 Å². The first-order chi connectivity index (χ1) is 11.3. The molecule has 0 saturated heterocycles. The number of hydrogen-bond acceptors (Lipinski definition) is 4. The average molecular weight is 346 g/mol. The number of anilines is 2. The molecule has 0 saturated carbocycles. The number of unbranched alkanes of at least 4 members (excludes halogenated alkanes) is 1. The molecule has 134 valence electrons. The third-order valence-electron chi connectivity index (χ3n) is 3.10. The van der Waals surface area contributed by atoms with Crippen molar-refractivity contribution in [2.45, 2.75) is 25.9 Å². The molecule has 24 heavy (non-hydrogen) atoms. The lowest BCUT2D eigenvalue weighted by Gasteiger charge is -2.16. The molecule has 0 aliphatic carbocycles. The maximum absolute atomic E-state index is 12.8. The Morgan fingerprint density at radius 3 is 2.46 bits per heavy atom. The molecule has 0 radical (unpaired) electrons. The molecule has 1 rings (SSSR count). The van der Waals surface area contributed by atoms with Gasteiger partial charge in [-0.25, -0.2) is 0 Å². The van der Waals surface area contributed by atoms with Crippen molar-refractivity contribution in [3.63, 3.8) is 0 Å². The highest BCUT2D eigenvalue weighted by Gasteiger charge is 2.31. The van der Waals surface area contributed by atoms with Gasteiger partial charge in [-0.3, -0.25) is 9.59 Å². The maximum Gasteiger partial charge on any atom is 0.416 e. The van der Waals surface area contributed by atoms with Crippen LogP contribution in [0.15, 0.2) is 18.2 Å². The van der Waals surface area contributed by atoms with Crippen molar-refractivity contribution in [3.05, 3.63) is 23.8 Å². The highest BCUT2D eigenvalue weighted by Crippen LogP contribution is 2.34. The Hall–Kier alpha value is -2.29. The van der Waals surface area contributed by atoms with E-state index in [0.29, 0.717) is 12.2 Å². The molecule has 0 heterocycles. The number of halogens is 3. The molecule has 2 amide bonds. The van der Waals surface area contributed by atoms with Crippen molar-refractivity contribution in [2.24, 2.45) is 5.73 Å². The van der Waals surface area contributed by atoms with Gasteiger partial charge >= 0.3 is 6.18 Å². The molecule has 0 atom stereocenters. The monoisotopic (exact) mass is 346 g/mol. The van der Waals surface area contributed by atoms with Gasteiger partial charge in [0.1, 0.15) is 0 Å². The number of benzene rings is 1. The summed E-state index contributed by atoms with van der Waals surface area (Å²) in [6, 6.07) is 3.07. The normalized spacial score (nSPS) is 11.0. The third-order valence-corrected chi connectivity index (χ3v) is 3.10. The first kappa shape index (κ1) is 19.8. The molecule has 9 heteroatoms. The fourth-order valence-electron chi connectivity index (χ4n) is 1.82. The molecule has 0 aliphatic heterocycles. The lowest BCUT2D eigenvalue weighted by Crippen LogP contribution is -2.36. The predicted molar refractivity (Wildman–Crippen MR) is 85.5 cm³/mol. The number of amides is 2. The van der Waals surface area contributed by atoms with Crippen LogP contribution in [0.5, 0.6) is 0 Å². The Labute approximate surface area is 138 Å². The van der Waals surface area contributed by atoms with E-state index < -0.39 is 23.6 Å². The van der Waals surface area contributed by atoms with Crippen molar-refractivity contribution in [2.75, 3.05) is 30.3 Å². The van der Waals surface area contributed by atoms with E-state index in [-0.39, 0.29) is 18.8 Å². The molecule has 5 N–H and O–H groups in total. The highest BCUT2D eigenvalue weighted by atomic mass is 19.4. The van der Waals surface area contributed by atoms with Gasteiger partial charge in [0.25, 0.3) is 0 Å². The Morgan fingerprint density at radius 2 is 1.88 bits per heavy atom. The summed E-state index contributed by atoms with van der Waals surface area (Å²) in [6.07, 6.45) is -2.77. The summed E-state index contributed by atoms with van der Waals surface area (Å²) in [4.78, 5) is 22.8. The van der Waals surface area contributed by atoms with Gasteiger partial charge in [0.15, 0.2) is 0 Å². The van der Waals surface area contributed by atoms with Crippen molar-refractivity contribution in [1.29, 1.82) is 0 Å². The first-order valence-corrected chi connectivity index (χ1v) is 7.49. The number of alkyl halides is 3. The number of nitrogens with one attached hydrogen (secondary N) is 3. The minimum absolute atomic E-state index is 0.00734. The van der Waals surface area contributed by atoms with Crippen molar-refractivity contribution in [3.8, 4) is 0 Å². The molecule has 0 spiro atoms. The molecule has 0 bridgehead atoms. The van der Waals surface area contributed by atoms with Crippen molar-refractivity contribution in [1.82, 2.24) is 5.32 Å². The van der Waals surface area contributed by atoms with Crippen LogP contribution in [-0.2, 0) is 15.8 Å². The molecule has 0 aliphatic rings. The number of carbonyl (C=O) groups excluding carboxylic acids is 2. The van der Waals surface area contributed by atoms with E-state index >= 15 is 0 Å². The van der Waals surface area contributed by atoms with Crippen molar-refractivity contribution >= 4 is 23.2 Å². The van der Waals surface area contributed by atoms with E-state index in [2.05, 4.69) is 16.0 Å². The Morgan fingerprint density at radius 1 is 1.17 bits per heavy atom. The first-order valence-electron chi connectivity index (χ1n) is 7.49. The van der Waals surface area contributed by atoms with Crippen LogP contribution < -0.4 is 21.7 Å². The minimum atomic E-state index is -4.52. The summed E-state index contributed by atoms with van der Waals surface area (Å²) < 4.78 is 38.5. The molecular formula is C15H21F3N4O2. The Balaban J connectivity index is 2.89. The van der Waals surface area contributed by atoms with Gasteiger partial charge in [0.05, 0.1) is 30.0 Å². The van der Waals surface area contributed by atoms with Crippen LogP contribution >= 0.6 is 0 Å². The van der Waals surface area contributed by atoms with Crippen LogP contribution in [0.1, 0.15) is 25.3 Å². The number of carbonyl (C=O) groups is 2. The van der Waals surface area contributed by atoms with Crippen LogP contribution in [0.3, 0.4) is 0 Å². The van der Waals surface area contributed by atoms with Crippen LogP contribution in [0.4, 0.5) is 24.5 Å². The highest BCUT2D eigenvalue weighted by molar-refractivity contribution is 5.97. The van der Waals surface area contributed by atoms with Gasteiger partial charge in [-0.05, 0) is 24.6 Å². The minimum Gasteiger partial charge on any atom is -0.383 e. The van der Waals surface area contributed by atoms with E-state index in [4.69, 9.17) is 5.73 Å². The van der Waals surface area contributed by atoms with Crippen LogP contribution in [-0.4, -0.2) is 31.4 Å². The smallest absolute Gasteiger partial charge is 0.383 e. The predicted octanol–water partition coefficient (Wildman–Crippen LogP) is 1.93. The van der Waals surface area contributed by atoms with Gasteiger partial charge < -0.3 is 21.7 Å². The zero-order valence-corrected chi connectivity index (χ0v) is 13.3. The summed E-state index contributed by atoms with van der Waals surface area (Å²) in [5, 5.41) is 7.61. The number of nitrogens with two attached hydrogens (primary N) is 1. The zero-order chi connectivity index (χ0) is 18.2. The third kappa shape index (κ3) is 6.45. The second kappa shape index (κ2) is 9.11.